The minimum absolute atomic E-state index is 0.352. The molecule has 3 aliphatic carbocycles. The first-order valence-corrected chi connectivity index (χ1v) is 14.6. The molecule has 40 heavy (non-hydrogen) atoms. The molecule has 0 radical (unpaired) electrons. The molecule has 0 N–H and O–H groups in total. The molecule has 3 aliphatic rings. The lowest BCUT2D eigenvalue weighted by atomic mass is 9.62. The van der Waals surface area contributed by atoms with Gasteiger partial charge in [0.1, 0.15) is 0 Å². The predicted octanol–water partition coefficient (Wildman–Crippen LogP) is 9.77. The second-order valence-corrected chi connectivity index (χ2v) is 11.6. The minimum Gasteiger partial charge on any atom is -0.0804 e. The first-order valence-electron chi connectivity index (χ1n) is 14.6. The van der Waals surface area contributed by atoms with Crippen molar-refractivity contribution in [3.63, 3.8) is 0 Å². The van der Waals surface area contributed by atoms with E-state index in [1.807, 2.05) is 0 Å². The summed E-state index contributed by atoms with van der Waals surface area (Å²) in [5, 5.41) is 0. The summed E-state index contributed by atoms with van der Waals surface area (Å²) >= 11 is 0. The van der Waals surface area contributed by atoms with E-state index in [4.69, 9.17) is 0 Å². The van der Waals surface area contributed by atoms with Gasteiger partial charge >= 0.3 is 0 Å². The van der Waals surface area contributed by atoms with E-state index in [1.165, 1.54) is 72.3 Å². The van der Waals surface area contributed by atoms with Crippen molar-refractivity contribution >= 4 is 0 Å². The van der Waals surface area contributed by atoms with Gasteiger partial charge in [0, 0.05) is 0 Å². The number of hydrogen-bond donors (Lipinski definition) is 0. The molecule has 0 bridgehead atoms. The molecule has 0 saturated heterocycles. The molecular weight excluding hydrogens is 480 g/mol. The summed E-state index contributed by atoms with van der Waals surface area (Å²) in [5.74, 6) is 0. The predicted molar refractivity (Wildman–Crippen MR) is 167 cm³/mol. The molecule has 5 aromatic rings. The zero-order valence-electron chi connectivity index (χ0n) is 23.0. The monoisotopic (exact) mass is 512 g/mol. The molecule has 0 saturated carbocycles. The third-order valence-corrected chi connectivity index (χ3v) is 9.36. The standard InChI is InChI=1S/C40H32/c1-27-22-23-31-26-29-13-3-6-16-33(29)32-15-5-2-12-28(32)25-30-14-4-9-19-36(30)40(39(31)24-27)37-20-10-7-17-34(37)35-18-8-11-21-38(35)40/h2-3,5-8,10-24H,4,9,25-26H2,1H3. The third-order valence-electron chi connectivity index (χ3n) is 9.36. The lowest BCUT2D eigenvalue weighted by Gasteiger charge is -2.40. The topological polar surface area (TPSA) is 0 Å². The van der Waals surface area contributed by atoms with Crippen LogP contribution in [-0.4, -0.2) is 0 Å². The van der Waals surface area contributed by atoms with Crippen LogP contribution < -0.4 is 0 Å². The van der Waals surface area contributed by atoms with E-state index < -0.39 is 0 Å². The van der Waals surface area contributed by atoms with Crippen LogP contribution in [0.4, 0.5) is 0 Å². The molecule has 0 amide bonds. The molecule has 0 fully saturated rings. The highest BCUT2D eigenvalue weighted by atomic mass is 14.5. The summed E-state index contributed by atoms with van der Waals surface area (Å²) in [6.07, 6.45) is 9.12. The number of allylic oxidation sites excluding steroid dienone is 4. The summed E-state index contributed by atoms with van der Waals surface area (Å²) in [7, 11) is 0. The van der Waals surface area contributed by atoms with Crippen molar-refractivity contribution < 1.29 is 0 Å². The molecule has 8 rings (SSSR count). The Morgan fingerprint density at radius 1 is 0.475 bits per heavy atom. The molecular formula is C40H32. The van der Waals surface area contributed by atoms with Crippen LogP contribution in [0.2, 0.25) is 0 Å². The maximum Gasteiger partial charge on any atom is 0.0716 e. The van der Waals surface area contributed by atoms with Gasteiger partial charge in [0.15, 0.2) is 0 Å². The van der Waals surface area contributed by atoms with Gasteiger partial charge in [-0.2, -0.15) is 0 Å². The highest BCUT2D eigenvalue weighted by Gasteiger charge is 2.49. The quantitative estimate of drug-likeness (QED) is 0.194. The zero-order valence-corrected chi connectivity index (χ0v) is 23.0. The lowest BCUT2D eigenvalue weighted by Crippen LogP contribution is -2.33. The lowest BCUT2D eigenvalue weighted by molar-refractivity contribution is 0.719. The molecule has 0 nitrogen and oxygen atoms in total. The average molecular weight is 513 g/mol. The third kappa shape index (κ3) is 3.32. The van der Waals surface area contributed by atoms with Crippen molar-refractivity contribution in [1.82, 2.24) is 0 Å². The highest BCUT2D eigenvalue weighted by molar-refractivity contribution is 5.88. The molecule has 0 atom stereocenters. The molecule has 1 spiro atoms. The Kier molecular flexibility index (Phi) is 5.32. The van der Waals surface area contributed by atoms with Crippen molar-refractivity contribution in [2.75, 3.05) is 0 Å². The molecule has 0 unspecified atom stereocenters. The Morgan fingerprint density at radius 2 is 1.02 bits per heavy atom. The van der Waals surface area contributed by atoms with E-state index in [0.717, 1.165) is 25.7 Å². The first-order chi connectivity index (χ1) is 19.7. The Labute approximate surface area is 237 Å². The van der Waals surface area contributed by atoms with Crippen LogP contribution in [0.1, 0.15) is 51.8 Å². The van der Waals surface area contributed by atoms with Crippen LogP contribution in [0.15, 0.2) is 139 Å². The van der Waals surface area contributed by atoms with Gasteiger partial charge in [-0.25, -0.2) is 0 Å². The molecule has 0 heterocycles. The van der Waals surface area contributed by atoms with Crippen LogP contribution in [-0.2, 0) is 18.3 Å². The van der Waals surface area contributed by atoms with Crippen molar-refractivity contribution in [2.45, 2.75) is 38.0 Å². The maximum absolute atomic E-state index is 2.58. The van der Waals surface area contributed by atoms with E-state index in [9.17, 15) is 0 Å². The van der Waals surface area contributed by atoms with Gasteiger partial charge < -0.3 is 0 Å². The van der Waals surface area contributed by atoms with Gasteiger partial charge in [-0.05, 0) is 99.4 Å². The van der Waals surface area contributed by atoms with Crippen LogP contribution in [0.5, 0.6) is 0 Å². The average Bonchev–Trinajstić information content (AvgIpc) is 3.29. The first kappa shape index (κ1) is 23.5. The van der Waals surface area contributed by atoms with Gasteiger partial charge in [0.25, 0.3) is 0 Å². The van der Waals surface area contributed by atoms with Crippen LogP contribution >= 0.6 is 0 Å². The van der Waals surface area contributed by atoms with Crippen LogP contribution in [0, 0.1) is 6.92 Å². The number of benzene rings is 5. The Balaban J connectivity index is 1.54. The number of aryl methyl sites for hydroxylation is 1. The summed E-state index contributed by atoms with van der Waals surface area (Å²) in [6.45, 7) is 2.25. The number of hydrogen-bond acceptors (Lipinski definition) is 0. The molecule has 5 aromatic carbocycles. The van der Waals surface area contributed by atoms with Gasteiger partial charge in [-0.1, -0.05) is 133 Å². The largest absolute Gasteiger partial charge is 0.0804 e. The van der Waals surface area contributed by atoms with Gasteiger partial charge in [0.05, 0.1) is 5.41 Å². The van der Waals surface area contributed by atoms with E-state index in [2.05, 4.69) is 134 Å². The van der Waals surface area contributed by atoms with Crippen molar-refractivity contribution in [3.8, 4) is 22.3 Å². The fourth-order valence-corrected chi connectivity index (χ4v) is 7.73. The van der Waals surface area contributed by atoms with Gasteiger partial charge in [0.2, 0.25) is 0 Å². The Morgan fingerprint density at radius 3 is 1.70 bits per heavy atom. The van der Waals surface area contributed by atoms with Gasteiger partial charge in [-0.3, -0.25) is 0 Å². The van der Waals surface area contributed by atoms with E-state index in [-0.39, 0.29) is 5.41 Å². The van der Waals surface area contributed by atoms with E-state index in [0.29, 0.717) is 0 Å². The summed E-state index contributed by atoms with van der Waals surface area (Å²) in [4.78, 5) is 0. The summed E-state index contributed by atoms with van der Waals surface area (Å²) < 4.78 is 0. The Bertz CT molecular complexity index is 1820. The number of fused-ring (bicyclic) bond motifs is 12. The smallest absolute Gasteiger partial charge is 0.0716 e. The maximum atomic E-state index is 2.58. The SMILES string of the molecule is Cc1ccc2c(c1)C1(C3=CCCC=C3Cc3ccccc3-c3ccccc3C2)c2ccccc2-c2ccccc21. The van der Waals surface area contributed by atoms with E-state index >= 15 is 0 Å². The minimum atomic E-state index is -0.352. The Hall–Kier alpha value is -4.42. The summed E-state index contributed by atoms with van der Waals surface area (Å²) in [5.41, 5.74) is 17.8. The van der Waals surface area contributed by atoms with Crippen LogP contribution in [0.25, 0.3) is 22.3 Å². The van der Waals surface area contributed by atoms with Crippen molar-refractivity contribution in [3.05, 3.63) is 178 Å². The molecule has 0 aliphatic heterocycles. The van der Waals surface area contributed by atoms with Crippen molar-refractivity contribution in [1.29, 1.82) is 0 Å². The fraction of sp³-hybridized carbons (Fsp3) is 0.150. The van der Waals surface area contributed by atoms with Crippen molar-refractivity contribution in [2.24, 2.45) is 0 Å². The fourth-order valence-electron chi connectivity index (χ4n) is 7.73. The normalized spacial score (nSPS) is 16.2. The van der Waals surface area contributed by atoms with Gasteiger partial charge in [-0.15, -0.1) is 0 Å². The second kappa shape index (κ2) is 9.07. The second-order valence-electron chi connectivity index (χ2n) is 11.6. The molecule has 0 heteroatoms. The van der Waals surface area contributed by atoms with Crippen LogP contribution in [0.3, 0.4) is 0 Å². The zero-order chi connectivity index (χ0) is 26.7. The molecule has 0 aromatic heterocycles. The number of rotatable bonds is 0. The summed E-state index contributed by atoms with van der Waals surface area (Å²) in [6, 6.07) is 43.7. The van der Waals surface area contributed by atoms with E-state index in [1.54, 1.807) is 0 Å². The molecule has 192 valence electrons. The highest BCUT2D eigenvalue weighted by Crippen LogP contribution is 2.59.